The molecule has 3 nitrogen and oxygen atoms in total. The maximum absolute atomic E-state index is 13.9. The molecule has 0 fully saturated rings. The Bertz CT molecular complexity index is 602. The molecule has 0 saturated heterocycles. The first-order valence-electron chi connectivity index (χ1n) is 6.24. The molecule has 5 heteroatoms. The second-order valence-corrected chi connectivity index (χ2v) is 4.15. The number of rotatable bonds is 4. The van der Waals surface area contributed by atoms with E-state index in [2.05, 4.69) is 4.98 Å². The summed E-state index contributed by atoms with van der Waals surface area (Å²) in [5.74, 6) is -1.08. The van der Waals surface area contributed by atoms with Crippen LogP contribution in [0, 0.1) is 5.82 Å². The number of aromatic nitrogens is 1. The van der Waals surface area contributed by atoms with Crippen LogP contribution >= 0.6 is 0 Å². The van der Waals surface area contributed by atoms with E-state index in [9.17, 15) is 13.6 Å². The normalized spacial score (nSPS) is 10.3. The average molecular weight is 276 g/mol. The first-order chi connectivity index (χ1) is 9.67. The third-order valence-electron chi connectivity index (χ3n) is 2.93. The van der Waals surface area contributed by atoms with Crippen molar-refractivity contribution in [2.45, 2.75) is 6.92 Å². The van der Waals surface area contributed by atoms with Crippen LogP contribution in [0.1, 0.15) is 6.92 Å². The summed E-state index contributed by atoms with van der Waals surface area (Å²) in [6.07, 6.45) is 1.56. The zero-order valence-electron chi connectivity index (χ0n) is 11.0. The van der Waals surface area contributed by atoms with E-state index >= 15 is 0 Å². The molecule has 1 amide bonds. The fourth-order valence-electron chi connectivity index (χ4n) is 1.97. The molecule has 0 bridgehead atoms. The summed E-state index contributed by atoms with van der Waals surface area (Å²) < 4.78 is 26.4. The molecular formula is C15H14F2N2O. The highest BCUT2D eigenvalue weighted by atomic mass is 19.1. The van der Waals surface area contributed by atoms with Crippen LogP contribution in [0.5, 0.6) is 0 Å². The molecular weight excluding hydrogens is 262 g/mol. The monoisotopic (exact) mass is 276 g/mol. The Balaban J connectivity index is 2.46. The number of hydrogen-bond acceptors (Lipinski definition) is 2. The van der Waals surface area contributed by atoms with Crippen molar-refractivity contribution in [1.29, 1.82) is 0 Å². The maximum atomic E-state index is 13.9. The third-order valence-corrected chi connectivity index (χ3v) is 2.93. The first-order valence-corrected chi connectivity index (χ1v) is 6.24. The third kappa shape index (κ3) is 2.82. The molecule has 0 unspecified atom stereocenters. The zero-order chi connectivity index (χ0) is 14.5. The van der Waals surface area contributed by atoms with E-state index < -0.39 is 18.4 Å². The smallest absolute Gasteiger partial charge is 0.258 e. The van der Waals surface area contributed by atoms with E-state index in [0.29, 0.717) is 17.9 Å². The minimum atomic E-state index is -1.08. The van der Waals surface area contributed by atoms with Crippen LogP contribution in [0.25, 0.3) is 11.3 Å². The molecule has 1 aromatic carbocycles. The van der Waals surface area contributed by atoms with Gasteiger partial charge < -0.3 is 4.90 Å². The van der Waals surface area contributed by atoms with E-state index in [1.54, 1.807) is 31.3 Å². The number of benzene rings is 1. The number of carbonyl (C=O) groups is 1. The standard InChI is InChI=1S/C15H14F2N2O/c1-2-19(15(20)10-16)11-6-7-13(17)12(9-11)14-5-3-4-8-18-14/h3-9H,2,10H2,1H3. The maximum Gasteiger partial charge on any atom is 0.258 e. The Kier molecular flexibility index (Phi) is 4.40. The van der Waals surface area contributed by atoms with Gasteiger partial charge in [0.2, 0.25) is 0 Å². The summed E-state index contributed by atoms with van der Waals surface area (Å²) in [5.41, 5.74) is 1.21. The van der Waals surface area contributed by atoms with Crippen LogP contribution in [0.15, 0.2) is 42.6 Å². The van der Waals surface area contributed by atoms with Gasteiger partial charge in [0, 0.05) is 24.0 Å². The second-order valence-electron chi connectivity index (χ2n) is 4.15. The molecule has 2 rings (SSSR count). The zero-order valence-corrected chi connectivity index (χ0v) is 11.0. The van der Waals surface area contributed by atoms with Gasteiger partial charge in [-0.2, -0.15) is 0 Å². The molecule has 2 aromatic rings. The lowest BCUT2D eigenvalue weighted by molar-refractivity contribution is -0.119. The van der Waals surface area contributed by atoms with Gasteiger partial charge in [-0.05, 0) is 37.3 Å². The summed E-state index contributed by atoms with van der Waals surface area (Å²) in [4.78, 5) is 16.9. The average Bonchev–Trinajstić information content (AvgIpc) is 2.50. The van der Waals surface area contributed by atoms with Gasteiger partial charge in [0.15, 0.2) is 6.67 Å². The first kappa shape index (κ1) is 14.1. The van der Waals surface area contributed by atoms with Crippen molar-refractivity contribution in [3.8, 4) is 11.3 Å². The lowest BCUT2D eigenvalue weighted by Gasteiger charge is -2.20. The molecule has 0 aliphatic rings. The van der Waals surface area contributed by atoms with Crippen LogP contribution in [0.2, 0.25) is 0 Å². The van der Waals surface area contributed by atoms with E-state index in [-0.39, 0.29) is 5.56 Å². The van der Waals surface area contributed by atoms with Crippen LogP contribution in [-0.4, -0.2) is 24.1 Å². The highest BCUT2D eigenvalue weighted by molar-refractivity contribution is 5.94. The molecule has 0 saturated carbocycles. The Morgan fingerprint density at radius 2 is 2.10 bits per heavy atom. The summed E-state index contributed by atoms with van der Waals surface area (Å²) in [6, 6.07) is 9.38. The molecule has 0 spiro atoms. The lowest BCUT2D eigenvalue weighted by atomic mass is 10.1. The summed E-state index contributed by atoms with van der Waals surface area (Å²) in [5, 5.41) is 0. The predicted molar refractivity (Wildman–Crippen MR) is 73.6 cm³/mol. The highest BCUT2D eigenvalue weighted by Crippen LogP contribution is 2.26. The lowest BCUT2D eigenvalue weighted by Crippen LogP contribution is -2.31. The van der Waals surface area contributed by atoms with Gasteiger partial charge >= 0.3 is 0 Å². The van der Waals surface area contributed by atoms with E-state index in [4.69, 9.17) is 0 Å². The van der Waals surface area contributed by atoms with Crippen LogP contribution in [0.3, 0.4) is 0 Å². The van der Waals surface area contributed by atoms with E-state index in [0.717, 1.165) is 0 Å². The van der Waals surface area contributed by atoms with Crippen molar-refractivity contribution in [2.24, 2.45) is 0 Å². The van der Waals surface area contributed by atoms with Crippen molar-refractivity contribution in [3.63, 3.8) is 0 Å². The van der Waals surface area contributed by atoms with E-state index in [1.165, 1.54) is 23.1 Å². The fourth-order valence-corrected chi connectivity index (χ4v) is 1.97. The Labute approximate surface area is 115 Å². The largest absolute Gasteiger partial charge is 0.310 e. The van der Waals surface area contributed by atoms with Gasteiger partial charge in [0.05, 0.1) is 5.69 Å². The number of hydrogen-bond donors (Lipinski definition) is 0. The molecule has 104 valence electrons. The van der Waals surface area contributed by atoms with Gasteiger partial charge in [0.1, 0.15) is 5.82 Å². The Hall–Kier alpha value is -2.30. The summed E-state index contributed by atoms with van der Waals surface area (Å²) >= 11 is 0. The van der Waals surface area contributed by atoms with Gasteiger partial charge in [-0.15, -0.1) is 0 Å². The molecule has 0 aliphatic carbocycles. The van der Waals surface area contributed by atoms with Gasteiger partial charge in [-0.3, -0.25) is 9.78 Å². The van der Waals surface area contributed by atoms with Gasteiger partial charge in [0.25, 0.3) is 5.91 Å². The minimum Gasteiger partial charge on any atom is -0.310 e. The SMILES string of the molecule is CCN(C(=O)CF)c1ccc(F)c(-c2ccccn2)c1. The second kappa shape index (κ2) is 6.23. The number of halogens is 2. The number of pyridine rings is 1. The van der Waals surface area contributed by atoms with Crippen molar-refractivity contribution < 1.29 is 13.6 Å². The van der Waals surface area contributed by atoms with E-state index in [1.807, 2.05) is 0 Å². The summed E-state index contributed by atoms with van der Waals surface area (Å²) in [6.45, 7) is 0.970. The van der Waals surface area contributed by atoms with Crippen molar-refractivity contribution in [2.75, 3.05) is 18.1 Å². The highest BCUT2D eigenvalue weighted by Gasteiger charge is 2.16. The minimum absolute atomic E-state index is 0.285. The molecule has 0 N–H and O–H groups in total. The van der Waals surface area contributed by atoms with Gasteiger partial charge in [-0.1, -0.05) is 6.07 Å². The van der Waals surface area contributed by atoms with Gasteiger partial charge in [-0.25, -0.2) is 8.78 Å². The number of alkyl halides is 1. The number of nitrogens with zero attached hydrogens (tertiary/aromatic N) is 2. The van der Waals surface area contributed by atoms with Crippen LogP contribution in [-0.2, 0) is 4.79 Å². The fraction of sp³-hybridized carbons (Fsp3) is 0.200. The number of amides is 1. The quantitative estimate of drug-likeness (QED) is 0.859. The van der Waals surface area contributed by atoms with Crippen molar-refractivity contribution in [1.82, 2.24) is 4.98 Å². The summed E-state index contributed by atoms with van der Waals surface area (Å²) in [7, 11) is 0. The molecule has 0 radical (unpaired) electrons. The molecule has 1 heterocycles. The van der Waals surface area contributed by atoms with Crippen LogP contribution < -0.4 is 4.90 Å². The molecule has 1 aromatic heterocycles. The number of carbonyl (C=O) groups excluding carboxylic acids is 1. The van der Waals surface area contributed by atoms with Crippen molar-refractivity contribution >= 4 is 11.6 Å². The number of anilines is 1. The molecule has 0 atom stereocenters. The van der Waals surface area contributed by atoms with Crippen molar-refractivity contribution in [3.05, 3.63) is 48.4 Å². The molecule has 20 heavy (non-hydrogen) atoms. The molecule has 0 aliphatic heterocycles. The topological polar surface area (TPSA) is 33.2 Å². The Morgan fingerprint density at radius 1 is 1.30 bits per heavy atom. The van der Waals surface area contributed by atoms with Crippen LogP contribution in [0.4, 0.5) is 14.5 Å². The predicted octanol–water partition coefficient (Wildman–Crippen LogP) is 3.21. The Morgan fingerprint density at radius 3 is 2.70 bits per heavy atom.